The standard InChI is InChI=1S/C23H31N3O5/c1-7-26(13-19(27)25-17-9-11-18(30-6)12-10-17)16(5)22(28)21-14(3)20(15(4)24-21)23(29)31-8-2/h9-12,16,24H,7-8,13H2,1-6H3,(H,25,27)/p+1/t16-/m1/s1. The minimum atomic E-state index is -0.474. The number of Topliss-reactive ketones (excluding diaryl/α,β-unsaturated/α-hetero) is 1. The van der Waals surface area contributed by atoms with E-state index in [1.807, 2.05) is 6.92 Å². The number of rotatable bonds is 10. The minimum Gasteiger partial charge on any atom is -0.497 e. The first kappa shape index (κ1) is 24.1. The van der Waals surface area contributed by atoms with Crippen molar-refractivity contribution in [2.24, 2.45) is 0 Å². The van der Waals surface area contributed by atoms with Crippen LogP contribution in [0.25, 0.3) is 0 Å². The molecule has 2 aromatic rings. The molecule has 3 N–H and O–H groups in total. The quantitative estimate of drug-likeness (QED) is 0.395. The summed E-state index contributed by atoms with van der Waals surface area (Å²) in [4.78, 5) is 41.8. The van der Waals surface area contributed by atoms with E-state index in [1.54, 1.807) is 59.1 Å². The number of esters is 1. The monoisotopic (exact) mass is 430 g/mol. The summed E-state index contributed by atoms with van der Waals surface area (Å²) in [5.74, 6) is -0.0747. The summed E-state index contributed by atoms with van der Waals surface area (Å²) in [6.07, 6.45) is 0. The molecule has 0 fully saturated rings. The fraction of sp³-hybridized carbons (Fsp3) is 0.435. The molecule has 31 heavy (non-hydrogen) atoms. The molecule has 0 aliphatic carbocycles. The lowest BCUT2D eigenvalue weighted by Crippen LogP contribution is -3.17. The molecule has 1 aromatic carbocycles. The van der Waals surface area contributed by atoms with Crippen molar-refractivity contribution in [3.63, 3.8) is 0 Å². The second kappa shape index (κ2) is 10.8. The third kappa shape index (κ3) is 5.73. The van der Waals surface area contributed by atoms with Crippen molar-refractivity contribution in [3.05, 3.63) is 46.8 Å². The maximum absolute atomic E-state index is 13.2. The number of benzene rings is 1. The Labute approximate surface area is 182 Å². The van der Waals surface area contributed by atoms with E-state index >= 15 is 0 Å². The van der Waals surface area contributed by atoms with Crippen molar-refractivity contribution >= 4 is 23.3 Å². The topological polar surface area (TPSA) is 102 Å². The fourth-order valence-corrected chi connectivity index (χ4v) is 3.58. The number of hydrogen-bond acceptors (Lipinski definition) is 5. The molecule has 8 heteroatoms. The van der Waals surface area contributed by atoms with E-state index < -0.39 is 12.0 Å². The van der Waals surface area contributed by atoms with Gasteiger partial charge in [-0.05, 0) is 64.4 Å². The Kier molecular flexibility index (Phi) is 8.38. The Balaban J connectivity index is 2.11. The van der Waals surface area contributed by atoms with Gasteiger partial charge in [-0.2, -0.15) is 0 Å². The molecule has 0 saturated carbocycles. The predicted molar refractivity (Wildman–Crippen MR) is 118 cm³/mol. The zero-order valence-corrected chi connectivity index (χ0v) is 19.0. The number of likely N-dealkylation sites (N-methyl/N-ethyl adjacent to an activating group) is 1. The van der Waals surface area contributed by atoms with E-state index in [2.05, 4.69) is 10.3 Å². The maximum Gasteiger partial charge on any atom is 0.340 e. The summed E-state index contributed by atoms with van der Waals surface area (Å²) in [6.45, 7) is 9.93. The van der Waals surface area contributed by atoms with Gasteiger partial charge >= 0.3 is 5.97 Å². The highest BCUT2D eigenvalue weighted by Crippen LogP contribution is 2.20. The summed E-state index contributed by atoms with van der Waals surface area (Å²) in [5.41, 5.74) is 2.62. The van der Waals surface area contributed by atoms with E-state index in [-0.39, 0.29) is 24.8 Å². The number of anilines is 1. The molecule has 168 valence electrons. The first-order valence-corrected chi connectivity index (χ1v) is 10.4. The molecule has 1 unspecified atom stereocenters. The number of aryl methyl sites for hydroxylation is 1. The van der Waals surface area contributed by atoms with Gasteiger partial charge < -0.3 is 24.7 Å². The molecule has 1 aromatic heterocycles. The van der Waals surface area contributed by atoms with E-state index in [9.17, 15) is 14.4 Å². The zero-order valence-electron chi connectivity index (χ0n) is 19.0. The molecule has 0 saturated heterocycles. The van der Waals surface area contributed by atoms with Crippen molar-refractivity contribution in [2.75, 3.05) is 32.1 Å². The molecule has 2 atom stereocenters. The van der Waals surface area contributed by atoms with Crippen LogP contribution in [-0.2, 0) is 9.53 Å². The fourth-order valence-electron chi connectivity index (χ4n) is 3.58. The molecular formula is C23H32N3O5+. The van der Waals surface area contributed by atoms with Crippen LogP contribution >= 0.6 is 0 Å². The highest BCUT2D eigenvalue weighted by Gasteiger charge is 2.31. The summed E-state index contributed by atoms with van der Waals surface area (Å²) < 4.78 is 10.2. The van der Waals surface area contributed by atoms with E-state index in [4.69, 9.17) is 9.47 Å². The van der Waals surface area contributed by atoms with Gasteiger partial charge in [0.15, 0.2) is 12.6 Å². The third-order valence-corrected chi connectivity index (χ3v) is 5.38. The van der Waals surface area contributed by atoms with Crippen LogP contribution in [-0.4, -0.2) is 55.5 Å². The molecular weight excluding hydrogens is 398 g/mol. The van der Waals surface area contributed by atoms with Gasteiger partial charge in [-0.25, -0.2) is 4.79 Å². The number of amides is 1. The minimum absolute atomic E-state index is 0.138. The lowest BCUT2D eigenvalue weighted by Gasteiger charge is -2.23. The zero-order chi connectivity index (χ0) is 23.1. The van der Waals surface area contributed by atoms with E-state index in [1.165, 1.54) is 0 Å². The highest BCUT2D eigenvalue weighted by molar-refractivity contribution is 6.03. The van der Waals surface area contributed by atoms with E-state index in [0.717, 1.165) is 4.90 Å². The van der Waals surface area contributed by atoms with Crippen LogP contribution in [0.1, 0.15) is 52.9 Å². The summed E-state index contributed by atoms with van der Waals surface area (Å²) in [5, 5.41) is 2.85. The van der Waals surface area contributed by atoms with Gasteiger partial charge in [0.25, 0.3) is 5.91 Å². The third-order valence-electron chi connectivity index (χ3n) is 5.38. The average Bonchev–Trinajstić information content (AvgIpc) is 3.05. The lowest BCUT2D eigenvalue weighted by atomic mass is 10.0. The van der Waals surface area contributed by atoms with Crippen LogP contribution in [0.15, 0.2) is 24.3 Å². The Morgan fingerprint density at radius 3 is 2.32 bits per heavy atom. The summed E-state index contributed by atoms with van der Waals surface area (Å²) in [7, 11) is 1.58. The number of carbonyl (C=O) groups excluding carboxylic acids is 3. The second-order valence-electron chi connectivity index (χ2n) is 7.40. The van der Waals surface area contributed by atoms with Crippen LogP contribution in [0.2, 0.25) is 0 Å². The van der Waals surface area contributed by atoms with Crippen LogP contribution in [0.4, 0.5) is 5.69 Å². The molecule has 8 nitrogen and oxygen atoms in total. The van der Waals surface area contributed by atoms with Crippen molar-refractivity contribution < 1.29 is 28.8 Å². The molecule has 0 bridgehead atoms. The molecule has 1 heterocycles. The Bertz CT molecular complexity index is 933. The molecule has 0 aliphatic rings. The van der Waals surface area contributed by atoms with Crippen molar-refractivity contribution in [2.45, 2.75) is 40.7 Å². The van der Waals surface area contributed by atoms with Gasteiger partial charge in [0.1, 0.15) is 5.75 Å². The number of H-pyrrole nitrogens is 1. The number of aromatic amines is 1. The van der Waals surface area contributed by atoms with Crippen molar-refractivity contribution in [1.29, 1.82) is 0 Å². The van der Waals surface area contributed by atoms with E-state index in [0.29, 0.717) is 40.5 Å². The summed E-state index contributed by atoms with van der Waals surface area (Å²) in [6, 6.07) is 6.59. The number of nitrogens with one attached hydrogen (secondary N) is 3. The Morgan fingerprint density at radius 1 is 1.13 bits per heavy atom. The van der Waals surface area contributed by atoms with Crippen molar-refractivity contribution in [3.8, 4) is 5.75 Å². The van der Waals surface area contributed by atoms with Gasteiger partial charge in [0.2, 0.25) is 5.78 Å². The number of ether oxygens (including phenoxy) is 2. The number of carbonyl (C=O) groups is 3. The number of methoxy groups -OCH3 is 1. The van der Waals surface area contributed by atoms with Gasteiger partial charge in [-0.15, -0.1) is 0 Å². The highest BCUT2D eigenvalue weighted by atomic mass is 16.5. The first-order chi connectivity index (χ1) is 14.7. The van der Waals surface area contributed by atoms with Gasteiger partial charge in [0.05, 0.1) is 31.5 Å². The molecule has 0 radical (unpaired) electrons. The van der Waals surface area contributed by atoms with Crippen molar-refractivity contribution in [1.82, 2.24) is 4.98 Å². The number of hydrogen-bond donors (Lipinski definition) is 3. The Morgan fingerprint density at radius 2 is 1.77 bits per heavy atom. The van der Waals surface area contributed by atoms with Crippen LogP contribution < -0.4 is 15.0 Å². The number of quaternary nitrogens is 1. The average molecular weight is 431 g/mol. The summed E-state index contributed by atoms with van der Waals surface area (Å²) >= 11 is 0. The van der Waals surface area contributed by atoms with Gasteiger partial charge in [-0.3, -0.25) is 9.59 Å². The van der Waals surface area contributed by atoms with Gasteiger partial charge in [0, 0.05) is 11.4 Å². The van der Waals surface area contributed by atoms with Gasteiger partial charge in [-0.1, -0.05) is 0 Å². The van der Waals surface area contributed by atoms with Crippen LogP contribution in [0.3, 0.4) is 0 Å². The predicted octanol–water partition coefficient (Wildman–Crippen LogP) is 1.93. The molecule has 0 aliphatic heterocycles. The number of ketones is 1. The molecule has 2 rings (SSSR count). The first-order valence-electron chi connectivity index (χ1n) is 10.4. The molecule has 0 spiro atoms. The maximum atomic E-state index is 13.2. The number of aromatic nitrogens is 1. The Hall–Kier alpha value is -3.13. The largest absolute Gasteiger partial charge is 0.497 e. The normalized spacial score (nSPS) is 12.7. The van der Waals surface area contributed by atoms with Crippen LogP contribution in [0, 0.1) is 13.8 Å². The second-order valence-corrected chi connectivity index (χ2v) is 7.40. The smallest absolute Gasteiger partial charge is 0.340 e. The van der Waals surface area contributed by atoms with Crippen LogP contribution in [0.5, 0.6) is 5.75 Å². The SMILES string of the molecule is CCOC(=O)c1c(C)[nH]c(C(=O)[C@@H](C)[NH+](CC)CC(=O)Nc2ccc(OC)cc2)c1C. The lowest BCUT2D eigenvalue weighted by molar-refractivity contribution is -0.903. The molecule has 1 amide bonds.